The van der Waals surface area contributed by atoms with Crippen LogP contribution in [-0.2, 0) is 34.5 Å². The second kappa shape index (κ2) is 7.17. The number of hydrogen-bond donors (Lipinski definition) is 1. The van der Waals surface area contributed by atoms with Crippen LogP contribution in [0.15, 0.2) is 35.5 Å². The molecule has 1 amide bonds. The van der Waals surface area contributed by atoms with Crippen molar-refractivity contribution in [3.8, 4) is 6.07 Å². The van der Waals surface area contributed by atoms with Crippen LogP contribution in [-0.4, -0.2) is 24.1 Å². The first-order valence-electron chi connectivity index (χ1n) is 7.17. The van der Waals surface area contributed by atoms with E-state index in [9.17, 15) is 26.4 Å². The third-order valence-corrected chi connectivity index (χ3v) is 4.75. The highest BCUT2D eigenvalue weighted by atomic mass is 32.2. The molecule has 0 atom stereocenters. The average Bonchev–Trinajstić information content (AvgIpc) is 2.96. The third-order valence-electron chi connectivity index (χ3n) is 3.37. The van der Waals surface area contributed by atoms with Gasteiger partial charge in [-0.05, 0) is 30.2 Å². The van der Waals surface area contributed by atoms with E-state index in [2.05, 4.69) is 5.10 Å². The minimum Gasteiger partial charge on any atom is -0.276 e. The van der Waals surface area contributed by atoms with E-state index >= 15 is 0 Å². The van der Waals surface area contributed by atoms with Gasteiger partial charge in [0.05, 0.1) is 28.3 Å². The Kier molecular flexibility index (Phi) is 5.36. The molecule has 11 heteroatoms. The second-order valence-electron chi connectivity index (χ2n) is 5.37. The lowest BCUT2D eigenvalue weighted by atomic mass is 10.1. The molecule has 1 aromatic heterocycles. The van der Waals surface area contributed by atoms with Gasteiger partial charge in [0.15, 0.2) is 0 Å². The number of aromatic nitrogens is 2. The van der Waals surface area contributed by atoms with Gasteiger partial charge < -0.3 is 0 Å². The van der Waals surface area contributed by atoms with Crippen LogP contribution in [0.5, 0.6) is 0 Å². The van der Waals surface area contributed by atoms with Crippen molar-refractivity contribution in [1.29, 1.82) is 5.26 Å². The molecule has 0 saturated carbocycles. The number of hydrogen-bond acceptors (Lipinski definition) is 5. The summed E-state index contributed by atoms with van der Waals surface area (Å²) in [5.74, 6) is -0.869. The molecule has 0 aliphatic rings. The Bertz CT molecular complexity index is 975. The van der Waals surface area contributed by atoms with E-state index in [1.807, 2.05) is 0 Å². The molecule has 0 radical (unpaired) electrons. The van der Waals surface area contributed by atoms with E-state index < -0.39 is 38.1 Å². The Morgan fingerprint density at radius 3 is 2.62 bits per heavy atom. The molecule has 1 heterocycles. The summed E-state index contributed by atoms with van der Waals surface area (Å²) in [5, 5.41) is 12.6. The third kappa shape index (κ3) is 4.60. The molecule has 0 fully saturated rings. The fourth-order valence-electron chi connectivity index (χ4n) is 2.14. The van der Waals surface area contributed by atoms with Crippen molar-refractivity contribution < 1.29 is 26.4 Å². The number of carbonyl (C=O) groups is 1. The van der Waals surface area contributed by atoms with Gasteiger partial charge in [-0.15, -0.1) is 0 Å². The number of aryl methyl sites for hydroxylation is 2. The van der Waals surface area contributed by atoms with Crippen molar-refractivity contribution in [2.24, 2.45) is 7.05 Å². The van der Waals surface area contributed by atoms with Crippen LogP contribution in [0.3, 0.4) is 0 Å². The Morgan fingerprint density at radius 1 is 1.38 bits per heavy atom. The van der Waals surface area contributed by atoms with E-state index in [0.717, 1.165) is 12.1 Å². The van der Waals surface area contributed by atoms with Crippen LogP contribution in [0.4, 0.5) is 13.2 Å². The molecule has 1 N–H and O–H groups in total. The summed E-state index contributed by atoms with van der Waals surface area (Å²) < 4.78 is 66.3. The Balaban J connectivity index is 2.16. The van der Waals surface area contributed by atoms with Crippen LogP contribution in [0, 0.1) is 11.3 Å². The topological polar surface area (TPSA) is 105 Å². The highest BCUT2D eigenvalue weighted by Gasteiger charge is 2.35. The number of halogens is 3. The highest BCUT2D eigenvalue weighted by molar-refractivity contribution is 7.90. The summed E-state index contributed by atoms with van der Waals surface area (Å²) in [7, 11) is -2.82. The summed E-state index contributed by atoms with van der Waals surface area (Å²) >= 11 is 0. The van der Waals surface area contributed by atoms with Gasteiger partial charge in [0.1, 0.15) is 0 Å². The van der Waals surface area contributed by atoms with Crippen molar-refractivity contribution in [2.45, 2.75) is 23.9 Å². The fourth-order valence-corrected chi connectivity index (χ4v) is 3.18. The summed E-state index contributed by atoms with van der Waals surface area (Å²) in [6.45, 7) is 0. The van der Waals surface area contributed by atoms with Gasteiger partial charge in [0.25, 0.3) is 10.0 Å². The van der Waals surface area contributed by atoms with E-state index in [0.29, 0.717) is 11.6 Å². The van der Waals surface area contributed by atoms with Gasteiger partial charge in [-0.2, -0.15) is 23.5 Å². The minimum absolute atomic E-state index is 0.187. The quantitative estimate of drug-likeness (QED) is 0.843. The Morgan fingerprint density at radius 2 is 2.08 bits per heavy atom. The summed E-state index contributed by atoms with van der Waals surface area (Å²) in [6, 6.07) is 3.27. The summed E-state index contributed by atoms with van der Waals surface area (Å²) in [5.41, 5.74) is -1.39. The maximum atomic E-state index is 12.9. The first-order valence-corrected chi connectivity index (χ1v) is 8.66. The standard InChI is InChI=1S/C15H13F3N4O3S/c1-22-9-10(8-20-22)2-5-14(23)21-26(24,25)12-4-3-11(7-19)13(6-12)15(16,17)18/h3-4,6,8-9H,2,5H2,1H3,(H,21,23). The van der Waals surface area contributed by atoms with Gasteiger partial charge in [0, 0.05) is 19.7 Å². The minimum atomic E-state index is -4.90. The first kappa shape index (κ1) is 19.5. The van der Waals surface area contributed by atoms with Gasteiger partial charge in [-0.1, -0.05) is 0 Å². The smallest absolute Gasteiger partial charge is 0.276 e. The molecular weight excluding hydrogens is 373 g/mol. The molecule has 2 rings (SSSR count). The van der Waals surface area contributed by atoms with Gasteiger partial charge >= 0.3 is 6.18 Å². The monoisotopic (exact) mass is 386 g/mol. The van der Waals surface area contributed by atoms with Gasteiger partial charge in [-0.3, -0.25) is 9.48 Å². The molecule has 7 nitrogen and oxygen atoms in total. The molecule has 26 heavy (non-hydrogen) atoms. The lowest BCUT2D eigenvalue weighted by Crippen LogP contribution is -2.31. The SMILES string of the molecule is Cn1cc(CCC(=O)NS(=O)(=O)c2ccc(C#N)c(C(F)(F)F)c2)cn1. The van der Waals surface area contributed by atoms with E-state index in [-0.39, 0.29) is 12.8 Å². The molecule has 0 aliphatic carbocycles. The number of amides is 1. The lowest BCUT2D eigenvalue weighted by molar-refractivity contribution is -0.137. The maximum Gasteiger partial charge on any atom is 0.417 e. The van der Waals surface area contributed by atoms with Crippen LogP contribution < -0.4 is 4.72 Å². The number of nitrogens with zero attached hydrogens (tertiary/aromatic N) is 3. The van der Waals surface area contributed by atoms with Crippen molar-refractivity contribution in [2.75, 3.05) is 0 Å². The molecule has 2 aromatic rings. The molecular formula is C15H13F3N4O3S. The van der Waals surface area contributed by atoms with Gasteiger partial charge in [-0.25, -0.2) is 13.1 Å². The molecule has 0 unspecified atom stereocenters. The average molecular weight is 386 g/mol. The molecule has 1 aromatic carbocycles. The van der Waals surface area contributed by atoms with Gasteiger partial charge in [0.2, 0.25) is 5.91 Å². The highest BCUT2D eigenvalue weighted by Crippen LogP contribution is 2.33. The number of nitrogens with one attached hydrogen (secondary N) is 1. The second-order valence-corrected chi connectivity index (χ2v) is 7.05. The Labute approximate surface area is 147 Å². The van der Waals surface area contributed by atoms with Crippen molar-refractivity contribution >= 4 is 15.9 Å². The molecule has 0 saturated heterocycles. The number of sulfonamides is 1. The lowest BCUT2D eigenvalue weighted by Gasteiger charge is -2.12. The Hall–Kier alpha value is -2.87. The number of nitriles is 1. The number of carbonyl (C=O) groups excluding carboxylic acids is 1. The fraction of sp³-hybridized carbons (Fsp3) is 0.267. The van der Waals surface area contributed by atoms with E-state index in [4.69, 9.17) is 5.26 Å². The molecule has 0 aliphatic heterocycles. The van der Waals surface area contributed by atoms with Crippen molar-refractivity contribution in [3.63, 3.8) is 0 Å². The summed E-state index contributed by atoms with van der Waals surface area (Å²) in [4.78, 5) is 11.1. The number of benzene rings is 1. The largest absolute Gasteiger partial charge is 0.417 e. The van der Waals surface area contributed by atoms with E-state index in [1.54, 1.807) is 18.0 Å². The first-order chi connectivity index (χ1) is 12.0. The predicted octanol–water partition coefficient (Wildman–Crippen LogP) is 1.75. The van der Waals surface area contributed by atoms with Crippen LogP contribution >= 0.6 is 0 Å². The predicted molar refractivity (Wildman–Crippen MR) is 83.0 cm³/mol. The van der Waals surface area contributed by atoms with Crippen LogP contribution in [0.2, 0.25) is 0 Å². The normalized spacial score (nSPS) is 11.8. The van der Waals surface area contributed by atoms with E-state index in [1.165, 1.54) is 16.9 Å². The van der Waals surface area contributed by atoms with Crippen molar-refractivity contribution in [1.82, 2.24) is 14.5 Å². The zero-order valence-corrected chi connectivity index (χ0v) is 14.2. The number of rotatable bonds is 5. The molecule has 138 valence electrons. The zero-order chi connectivity index (χ0) is 19.5. The van der Waals surface area contributed by atoms with Crippen LogP contribution in [0.1, 0.15) is 23.1 Å². The number of alkyl halides is 3. The van der Waals surface area contributed by atoms with Crippen LogP contribution in [0.25, 0.3) is 0 Å². The summed E-state index contributed by atoms with van der Waals surface area (Å²) in [6.07, 6.45) is -1.71. The van der Waals surface area contributed by atoms with Crippen molar-refractivity contribution in [3.05, 3.63) is 47.3 Å². The maximum absolute atomic E-state index is 12.9. The molecule has 0 bridgehead atoms. The zero-order valence-electron chi connectivity index (χ0n) is 13.4. The molecule has 0 spiro atoms.